The molecule has 0 aliphatic carbocycles. The minimum atomic E-state index is -0.534. The van der Waals surface area contributed by atoms with Crippen LogP contribution in [0.1, 0.15) is 11.1 Å². The summed E-state index contributed by atoms with van der Waals surface area (Å²) in [7, 11) is 0. The van der Waals surface area contributed by atoms with Gasteiger partial charge in [0.15, 0.2) is 5.70 Å². The van der Waals surface area contributed by atoms with E-state index in [0.29, 0.717) is 28.0 Å². The van der Waals surface area contributed by atoms with Crippen molar-refractivity contribution in [1.82, 2.24) is 0 Å². The Morgan fingerprint density at radius 1 is 1.16 bits per heavy atom. The topological polar surface area (TPSA) is 47.9 Å². The zero-order valence-electron chi connectivity index (χ0n) is 13.0. The van der Waals surface area contributed by atoms with E-state index >= 15 is 0 Å². The number of cyclic esters (lactones) is 1. The van der Waals surface area contributed by atoms with E-state index in [1.165, 1.54) is 0 Å². The van der Waals surface area contributed by atoms with Crippen molar-refractivity contribution >= 4 is 41.1 Å². The van der Waals surface area contributed by atoms with Gasteiger partial charge in [0, 0.05) is 5.02 Å². The molecular weight excluding hydrogens is 361 g/mol. The average molecular weight is 374 g/mol. The molecule has 1 heterocycles. The van der Waals surface area contributed by atoms with Crippen molar-refractivity contribution in [2.75, 3.05) is 6.61 Å². The number of nitrogens with zero attached hydrogens (tertiary/aromatic N) is 1. The van der Waals surface area contributed by atoms with E-state index < -0.39 is 5.97 Å². The van der Waals surface area contributed by atoms with Crippen LogP contribution in [-0.2, 0) is 9.53 Å². The van der Waals surface area contributed by atoms with Gasteiger partial charge in [-0.05, 0) is 42.0 Å². The predicted molar refractivity (Wildman–Crippen MR) is 99.2 cm³/mol. The third-order valence-electron chi connectivity index (χ3n) is 3.33. The molecule has 6 heteroatoms. The number of rotatable bonds is 5. The maximum Gasteiger partial charge on any atom is 0.363 e. The number of aliphatic imine (C=N–C) groups is 1. The summed E-state index contributed by atoms with van der Waals surface area (Å²) in [5.74, 6) is 0.338. The molecular formula is C19H13Cl2NO3. The summed E-state index contributed by atoms with van der Waals surface area (Å²) in [5, 5.41) is 0.859. The van der Waals surface area contributed by atoms with Gasteiger partial charge in [-0.2, -0.15) is 0 Å². The fourth-order valence-corrected chi connectivity index (χ4v) is 2.65. The first-order valence-electron chi connectivity index (χ1n) is 7.38. The minimum absolute atomic E-state index is 0.156. The molecule has 3 rings (SSSR count). The lowest BCUT2D eigenvalue weighted by atomic mass is 10.2. The van der Waals surface area contributed by atoms with E-state index in [2.05, 4.69) is 11.6 Å². The molecule has 0 unspecified atom stereocenters. The van der Waals surface area contributed by atoms with Crippen molar-refractivity contribution in [3.8, 4) is 5.75 Å². The van der Waals surface area contributed by atoms with E-state index in [1.807, 2.05) is 12.1 Å². The molecule has 0 radical (unpaired) electrons. The van der Waals surface area contributed by atoms with Gasteiger partial charge >= 0.3 is 5.97 Å². The van der Waals surface area contributed by atoms with E-state index in [0.717, 1.165) is 5.56 Å². The zero-order valence-corrected chi connectivity index (χ0v) is 14.6. The molecule has 0 spiro atoms. The second-order valence-corrected chi connectivity index (χ2v) is 5.97. The molecule has 1 aliphatic rings. The van der Waals surface area contributed by atoms with E-state index in [1.54, 1.807) is 42.5 Å². The first-order valence-corrected chi connectivity index (χ1v) is 8.14. The summed E-state index contributed by atoms with van der Waals surface area (Å²) in [5.41, 5.74) is 1.50. The maximum atomic E-state index is 12.0. The summed E-state index contributed by atoms with van der Waals surface area (Å²) >= 11 is 12.0. The monoisotopic (exact) mass is 373 g/mol. The van der Waals surface area contributed by atoms with Crippen LogP contribution < -0.4 is 4.74 Å². The first-order chi connectivity index (χ1) is 12.1. The maximum absolute atomic E-state index is 12.0. The molecule has 0 N–H and O–H groups in total. The molecule has 0 fully saturated rings. The van der Waals surface area contributed by atoms with Gasteiger partial charge in [0.2, 0.25) is 5.90 Å². The van der Waals surface area contributed by atoms with Gasteiger partial charge in [-0.3, -0.25) is 0 Å². The van der Waals surface area contributed by atoms with Gasteiger partial charge in [-0.15, -0.1) is 0 Å². The van der Waals surface area contributed by atoms with E-state index in [4.69, 9.17) is 32.7 Å². The van der Waals surface area contributed by atoms with Crippen LogP contribution >= 0.6 is 23.2 Å². The van der Waals surface area contributed by atoms with Gasteiger partial charge < -0.3 is 9.47 Å². The van der Waals surface area contributed by atoms with Gasteiger partial charge in [-0.25, -0.2) is 9.79 Å². The van der Waals surface area contributed by atoms with Crippen molar-refractivity contribution in [1.29, 1.82) is 0 Å². The quantitative estimate of drug-likeness (QED) is 0.425. The van der Waals surface area contributed by atoms with Gasteiger partial charge in [0.05, 0.1) is 10.6 Å². The van der Waals surface area contributed by atoms with Crippen LogP contribution in [0, 0.1) is 0 Å². The molecule has 2 aromatic rings. The van der Waals surface area contributed by atoms with Crippen LogP contribution in [0.2, 0.25) is 10.0 Å². The van der Waals surface area contributed by atoms with E-state index in [-0.39, 0.29) is 11.6 Å². The van der Waals surface area contributed by atoms with Gasteiger partial charge in [0.25, 0.3) is 0 Å². The van der Waals surface area contributed by atoms with Crippen molar-refractivity contribution in [3.05, 3.63) is 82.0 Å². The molecule has 1 aliphatic heterocycles. The number of carbonyl (C=O) groups excluding carboxylic acids is 1. The lowest BCUT2D eigenvalue weighted by Gasteiger charge is -2.02. The molecule has 0 amide bonds. The van der Waals surface area contributed by atoms with Gasteiger partial charge in [-0.1, -0.05) is 48.0 Å². The third kappa shape index (κ3) is 4.10. The Balaban J connectivity index is 1.84. The SMILES string of the molecule is C=CCOc1ccc(/C=C2\N=C(c3ccc(Cl)cc3Cl)OC2=O)cc1. The molecule has 0 bridgehead atoms. The second kappa shape index (κ2) is 7.55. The van der Waals surface area contributed by atoms with Crippen molar-refractivity contribution in [3.63, 3.8) is 0 Å². The highest BCUT2D eigenvalue weighted by molar-refractivity contribution is 6.37. The van der Waals surface area contributed by atoms with Crippen LogP contribution in [0.5, 0.6) is 5.75 Å². The van der Waals surface area contributed by atoms with Crippen LogP contribution in [-0.4, -0.2) is 18.5 Å². The largest absolute Gasteiger partial charge is 0.490 e. The van der Waals surface area contributed by atoms with Crippen LogP contribution in [0.4, 0.5) is 0 Å². The third-order valence-corrected chi connectivity index (χ3v) is 3.88. The lowest BCUT2D eigenvalue weighted by molar-refractivity contribution is -0.129. The van der Waals surface area contributed by atoms with Gasteiger partial charge in [0.1, 0.15) is 12.4 Å². The predicted octanol–water partition coefficient (Wildman–Crippen LogP) is 4.90. The summed E-state index contributed by atoms with van der Waals surface area (Å²) in [6, 6.07) is 12.1. The molecule has 25 heavy (non-hydrogen) atoms. The highest BCUT2D eigenvalue weighted by Crippen LogP contribution is 2.26. The summed E-state index contributed by atoms with van der Waals surface area (Å²) in [6.45, 7) is 4.03. The lowest BCUT2D eigenvalue weighted by Crippen LogP contribution is -2.05. The Hall–Kier alpha value is -2.56. The van der Waals surface area contributed by atoms with Crippen molar-refractivity contribution in [2.24, 2.45) is 4.99 Å². The molecule has 0 aromatic heterocycles. The molecule has 0 saturated carbocycles. The normalized spacial score (nSPS) is 15.0. The smallest absolute Gasteiger partial charge is 0.363 e. The first kappa shape index (κ1) is 17.3. The van der Waals surface area contributed by atoms with Crippen molar-refractivity contribution in [2.45, 2.75) is 0 Å². The minimum Gasteiger partial charge on any atom is -0.490 e. The Labute approximate surface area is 155 Å². The number of esters is 1. The number of benzene rings is 2. The Kier molecular flexibility index (Phi) is 5.22. The Morgan fingerprint density at radius 3 is 2.60 bits per heavy atom. The van der Waals surface area contributed by atoms with Crippen LogP contribution in [0.15, 0.2) is 65.8 Å². The summed E-state index contributed by atoms with van der Waals surface area (Å²) < 4.78 is 10.6. The summed E-state index contributed by atoms with van der Waals surface area (Å²) in [6.07, 6.45) is 3.30. The highest BCUT2D eigenvalue weighted by Gasteiger charge is 2.25. The number of hydrogen-bond acceptors (Lipinski definition) is 4. The van der Waals surface area contributed by atoms with Crippen molar-refractivity contribution < 1.29 is 14.3 Å². The molecule has 2 aromatic carbocycles. The standard InChI is InChI=1S/C19H13Cl2NO3/c1-2-9-24-14-6-3-12(4-7-14)10-17-19(23)25-18(22-17)15-8-5-13(20)11-16(15)21/h2-8,10-11H,1,9H2/b17-10-. The number of ether oxygens (including phenoxy) is 2. The number of halogens is 2. The molecule has 126 valence electrons. The van der Waals surface area contributed by atoms with E-state index in [9.17, 15) is 4.79 Å². The molecule has 0 atom stereocenters. The summed E-state index contributed by atoms with van der Waals surface area (Å²) in [4.78, 5) is 16.3. The average Bonchev–Trinajstić information content (AvgIpc) is 2.94. The second-order valence-electron chi connectivity index (χ2n) is 5.13. The fourth-order valence-electron chi connectivity index (χ4n) is 2.16. The Bertz CT molecular complexity index is 886. The fraction of sp³-hybridized carbons (Fsp3) is 0.0526. The molecule has 0 saturated heterocycles. The van der Waals surface area contributed by atoms with Crippen LogP contribution in [0.25, 0.3) is 6.08 Å². The van der Waals surface area contributed by atoms with Crippen LogP contribution in [0.3, 0.4) is 0 Å². The number of hydrogen-bond donors (Lipinski definition) is 0. The highest BCUT2D eigenvalue weighted by atomic mass is 35.5. The number of carbonyl (C=O) groups is 1. The zero-order chi connectivity index (χ0) is 17.8. The molecule has 4 nitrogen and oxygen atoms in total. The Morgan fingerprint density at radius 2 is 1.92 bits per heavy atom.